The number of hydrazine groups is 1. The normalized spacial score (nSPS) is 12.9. The Balaban J connectivity index is 1.80. The van der Waals surface area contributed by atoms with E-state index in [0.717, 1.165) is 40.4 Å². The number of fused-ring (bicyclic) bond motifs is 1. The van der Waals surface area contributed by atoms with Gasteiger partial charge in [-0.1, -0.05) is 12.1 Å². The lowest BCUT2D eigenvalue weighted by atomic mass is 10.1. The minimum atomic E-state index is 0.131. The molecule has 0 bridgehead atoms. The quantitative estimate of drug-likeness (QED) is 0.558. The van der Waals surface area contributed by atoms with Crippen molar-refractivity contribution in [2.24, 2.45) is 12.9 Å². The van der Waals surface area contributed by atoms with E-state index in [1.807, 2.05) is 32.2 Å². The van der Waals surface area contributed by atoms with Crippen molar-refractivity contribution in [2.75, 3.05) is 0 Å². The first-order chi connectivity index (χ1) is 10.2. The number of para-hydroxylation sites is 2. The molecule has 0 radical (unpaired) electrons. The predicted molar refractivity (Wildman–Crippen MR) is 86.1 cm³/mol. The number of imidazole rings is 1. The molecule has 0 saturated heterocycles. The number of hydrogen-bond acceptors (Lipinski definition) is 5. The van der Waals surface area contributed by atoms with Crippen LogP contribution in [0.15, 0.2) is 29.6 Å². The fourth-order valence-corrected chi connectivity index (χ4v) is 3.35. The lowest BCUT2D eigenvalue weighted by molar-refractivity contribution is 0.505. The molecule has 21 heavy (non-hydrogen) atoms. The Morgan fingerprint density at radius 1 is 1.29 bits per heavy atom. The highest BCUT2D eigenvalue weighted by Gasteiger charge is 2.15. The second kappa shape index (κ2) is 5.93. The van der Waals surface area contributed by atoms with Crippen LogP contribution in [0.2, 0.25) is 0 Å². The van der Waals surface area contributed by atoms with Crippen molar-refractivity contribution in [1.82, 2.24) is 20.0 Å². The van der Waals surface area contributed by atoms with Gasteiger partial charge in [0.2, 0.25) is 0 Å². The molecule has 3 rings (SSSR count). The number of benzene rings is 1. The third kappa shape index (κ3) is 2.97. The molecule has 0 spiro atoms. The van der Waals surface area contributed by atoms with Crippen molar-refractivity contribution in [3.05, 3.63) is 46.2 Å². The summed E-state index contributed by atoms with van der Waals surface area (Å²) in [5.41, 5.74) is 6.13. The van der Waals surface area contributed by atoms with Crippen LogP contribution in [0.5, 0.6) is 0 Å². The van der Waals surface area contributed by atoms with Gasteiger partial charge in [0.25, 0.3) is 0 Å². The van der Waals surface area contributed by atoms with Gasteiger partial charge in [0.15, 0.2) is 0 Å². The topological polar surface area (TPSA) is 68.8 Å². The Labute approximate surface area is 127 Å². The molecular formula is C15H19N5S. The number of nitrogens with one attached hydrogen (secondary N) is 1. The van der Waals surface area contributed by atoms with Crippen molar-refractivity contribution < 1.29 is 0 Å². The number of aryl methyl sites for hydroxylation is 2. The minimum absolute atomic E-state index is 0.131. The zero-order valence-electron chi connectivity index (χ0n) is 12.2. The largest absolute Gasteiger partial charge is 0.331 e. The Hall–Kier alpha value is -1.76. The van der Waals surface area contributed by atoms with E-state index in [4.69, 9.17) is 10.8 Å². The summed E-state index contributed by atoms with van der Waals surface area (Å²) in [6.45, 7) is 2.01. The summed E-state index contributed by atoms with van der Waals surface area (Å²) < 4.78 is 2.13. The molecule has 0 saturated carbocycles. The Morgan fingerprint density at radius 3 is 2.76 bits per heavy atom. The minimum Gasteiger partial charge on any atom is -0.331 e. The van der Waals surface area contributed by atoms with Gasteiger partial charge in [-0.15, -0.1) is 11.3 Å². The fourth-order valence-electron chi connectivity index (χ4n) is 2.50. The highest BCUT2D eigenvalue weighted by molar-refractivity contribution is 7.09. The van der Waals surface area contributed by atoms with E-state index in [2.05, 4.69) is 26.4 Å². The van der Waals surface area contributed by atoms with E-state index in [9.17, 15) is 0 Å². The zero-order chi connectivity index (χ0) is 14.8. The van der Waals surface area contributed by atoms with Crippen molar-refractivity contribution in [1.29, 1.82) is 0 Å². The maximum absolute atomic E-state index is 5.71. The van der Waals surface area contributed by atoms with E-state index in [1.54, 1.807) is 11.3 Å². The van der Waals surface area contributed by atoms with E-state index in [1.165, 1.54) is 0 Å². The van der Waals surface area contributed by atoms with E-state index >= 15 is 0 Å². The highest BCUT2D eigenvalue weighted by atomic mass is 32.1. The first-order valence-corrected chi connectivity index (χ1v) is 7.83. The van der Waals surface area contributed by atoms with Gasteiger partial charge in [-0.05, 0) is 19.1 Å². The van der Waals surface area contributed by atoms with Crippen molar-refractivity contribution in [3.63, 3.8) is 0 Å². The zero-order valence-corrected chi connectivity index (χ0v) is 13.0. The summed E-state index contributed by atoms with van der Waals surface area (Å²) in [4.78, 5) is 9.20. The molecule has 1 aromatic carbocycles. The summed E-state index contributed by atoms with van der Waals surface area (Å²) in [6, 6.07) is 8.29. The molecule has 1 unspecified atom stereocenters. The molecule has 3 N–H and O–H groups in total. The third-order valence-corrected chi connectivity index (χ3v) is 4.62. The smallest absolute Gasteiger partial charge is 0.111 e. The van der Waals surface area contributed by atoms with Gasteiger partial charge < -0.3 is 4.57 Å². The van der Waals surface area contributed by atoms with E-state index in [-0.39, 0.29) is 6.04 Å². The Kier molecular flexibility index (Phi) is 4.01. The predicted octanol–water partition coefficient (Wildman–Crippen LogP) is 1.96. The second-order valence-corrected chi connectivity index (χ2v) is 6.17. The van der Waals surface area contributed by atoms with Crippen LogP contribution in [-0.2, 0) is 19.9 Å². The average Bonchev–Trinajstić information content (AvgIpc) is 3.03. The number of rotatable bonds is 5. The molecule has 0 aliphatic heterocycles. The monoisotopic (exact) mass is 301 g/mol. The molecule has 0 aliphatic carbocycles. The maximum Gasteiger partial charge on any atom is 0.111 e. The van der Waals surface area contributed by atoms with Crippen molar-refractivity contribution in [2.45, 2.75) is 25.8 Å². The summed E-state index contributed by atoms with van der Waals surface area (Å²) >= 11 is 1.68. The Bertz CT molecular complexity index is 745. The number of hydrogen-bond donors (Lipinski definition) is 2. The summed E-state index contributed by atoms with van der Waals surface area (Å²) in [7, 11) is 2.05. The lowest BCUT2D eigenvalue weighted by Crippen LogP contribution is -2.39. The van der Waals surface area contributed by atoms with E-state index < -0.39 is 0 Å². The van der Waals surface area contributed by atoms with E-state index in [0.29, 0.717) is 0 Å². The molecule has 6 heteroatoms. The number of thiazole rings is 1. The van der Waals surface area contributed by atoms with Crippen LogP contribution in [0.1, 0.15) is 16.5 Å². The van der Waals surface area contributed by atoms with Crippen LogP contribution < -0.4 is 11.3 Å². The number of nitrogens with zero attached hydrogens (tertiary/aromatic N) is 3. The van der Waals surface area contributed by atoms with Gasteiger partial charge in [-0.2, -0.15) is 0 Å². The van der Waals surface area contributed by atoms with Gasteiger partial charge >= 0.3 is 0 Å². The molecular weight excluding hydrogens is 282 g/mol. The van der Waals surface area contributed by atoms with Crippen LogP contribution in [0.3, 0.4) is 0 Å². The van der Waals surface area contributed by atoms with Crippen LogP contribution in [0.4, 0.5) is 0 Å². The first-order valence-electron chi connectivity index (χ1n) is 6.95. The van der Waals surface area contributed by atoms with Gasteiger partial charge in [0.05, 0.1) is 16.0 Å². The summed E-state index contributed by atoms with van der Waals surface area (Å²) in [5.74, 6) is 6.74. The molecule has 0 amide bonds. The molecule has 5 nitrogen and oxygen atoms in total. The molecule has 3 aromatic rings. The fraction of sp³-hybridized carbons (Fsp3) is 0.333. The SMILES string of the molecule is Cc1csc(CC(Cc2nc3ccccc3n2C)NN)n1. The molecule has 2 heterocycles. The molecule has 1 atom stereocenters. The van der Waals surface area contributed by atoms with Gasteiger partial charge in [0, 0.05) is 37.0 Å². The second-order valence-electron chi connectivity index (χ2n) is 5.23. The van der Waals surface area contributed by atoms with Crippen LogP contribution in [0, 0.1) is 6.92 Å². The first kappa shape index (κ1) is 14.2. The Morgan fingerprint density at radius 2 is 2.10 bits per heavy atom. The van der Waals surface area contributed by atoms with Gasteiger partial charge in [0.1, 0.15) is 5.82 Å². The molecule has 2 aromatic heterocycles. The molecule has 0 fully saturated rings. The van der Waals surface area contributed by atoms with Crippen LogP contribution in [-0.4, -0.2) is 20.6 Å². The number of nitrogens with two attached hydrogens (primary N) is 1. The van der Waals surface area contributed by atoms with Crippen molar-refractivity contribution >= 4 is 22.4 Å². The van der Waals surface area contributed by atoms with Crippen LogP contribution >= 0.6 is 11.3 Å². The van der Waals surface area contributed by atoms with Gasteiger partial charge in [-0.25, -0.2) is 9.97 Å². The van der Waals surface area contributed by atoms with Crippen molar-refractivity contribution in [3.8, 4) is 0 Å². The summed E-state index contributed by atoms with van der Waals surface area (Å²) in [6.07, 6.45) is 1.60. The third-order valence-electron chi connectivity index (χ3n) is 3.63. The lowest BCUT2D eigenvalue weighted by Gasteiger charge is -2.14. The molecule has 110 valence electrons. The van der Waals surface area contributed by atoms with Crippen LogP contribution in [0.25, 0.3) is 11.0 Å². The average molecular weight is 301 g/mol. The van der Waals surface area contributed by atoms with Gasteiger partial charge in [-0.3, -0.25) is 11.3 Å². The maximum atomic E-state index is 5.71. The highest BCUT2D eigenvalue weighted by Crippen LogP contribution is 2.17. The molecule has 0 aliphatic rings. The summed E-state index contributed by atoms with van der Waals surface area (Å²) in [5, 5.41) is 3.17. The standard InChI is InChI=1S/C15H19N5S/c1-10-9-21-15(17-10)8-11(19-16)7-14-18-12-5-3-4-6-13(12)20(14)2/h3-6,9,11,19H,7-8,16H2,1-2H3. The number of aromatic nitrogens is 3.